The predicted octanol–water partition coefficient (Wildman–Crippen LogP) is 6.18. The number of ether oxygens (including phenoxy) is 1. The maximum absolute atomic E-state index is 6.02. The Bertz CT molecular complexity index is 844. The van der Waals surface area contributed by atoms with Crippen molar-refractivity contribution in [1.29, 1.82) is 0 Å². The molecule has 0 amide bonds. The second kappa shape index (κ2) is 7.67. The Kier molecular flexibility index (Phi) is 5.52. The van der Waals surface area contributed by atoms with E-state index in [-0.39, 0.29) is 0 Å². The van der Waals surface area contributed by atoms with Crippen LogP contribution < -0.4 is 9.92 Å². The SMILES string of the molecule is CCCC1=C([Si](C)(C)c2cc(C)cc(-c3ccccc3)c2OC)CC=C1. The van der Waals surface area contributed by atoms with Gasteiger partial charge in [0, 0.05) is 5.56 Å². The molecule has 1 aliphatic rings. The third kappa shape index (κ3) is 3.43. The van der Waals surface area contributed by atoms with Crippen molar-refractivity contribution in [1.82, 2.24) is 0 Å². The lowest BCUT2D eigenvalue weighted by Crippen LogP contribution is -2.45. The van der Waals surface area contributed by atoms with E-state index >= 15 is 0 Å². The van der Waals surface area contributed by atoms with Crippen molar-refractivity contribution in [2.24, 2.45) is 0 Å². The zero-order valence-corrected chi connectivity index (χ0v) is 17.7. The van der Waals surface area contributed by atoms with Crippen LogP contribution in [0.25, 0.3) is 11.1 Å². The van der Waals surface area contributed by atoms with E-state index < -0.39 is 8.07 Å². The van der Waals surface area contributed by atoms with Crippen LogP contribution in [0.4, 0.5) is 0 Å². The molecule has 0 fully saturated rings. The molecule has 0 heterocycles. The third-order valence-electron chi connectivity index (χ3n) is 5.50. The van der Waals surface area contributed by atoms with Crippen LogP contribution in [0.2, 0.25) is 13.1 Å². The molecule has 1 aliphatic carbocycles. The lowest BCUT2D eigenvalue weighted by molar-refractivity contribution is 0.419. The molecule has 0 atom stereocenters. The van der Waals surface area contributed by atoms with E-state index in [1.54, 1.807) is 10.8 Å². The summed E-state index contributed by atoms with van der Waals surface area (Å²) in [6.07, 6.45) is 8.19. The topological polar surface area (TPSA) is 9.23 Å². The highest BCUT2D eigenvalue weighted by atomic mass is 28.3. The van der Waals surface area contributed by atoms with Gasteiger partial charge in [0.05, 0.1) is 7.11 Å². The summed E-state index contributed by atoms with van der Waals surface area (Å²) in [6.45, 7) is 9.44. The molecular formula is C24H30OSi. The highest BCUT2D eigenvalue weighted by Crippen LogP contribution is 2.36. The second-order valence-corrected chi connectivity index (χ2v) is 12.1. The fourth-order valence-corrected chi connectivity index (χ4v) is 7.52. The fourth-order valence-electron chi connectivity index (χ4n) is 4.16. The molecule has 0 saturated carbocycles. The van der Waals surface area contributed by atoms with Crippen LogP contribution in [-0.4, -0.2) is 15.2 Å². The standard InChI is InChI=1S/C24H30OSi/c1-6-11-20-14-10-15-22(20)26(4,5)23-17-18(2)16-21(24(23)25-3)19-12-8-7-9-13-19/h7-10,12-14,16-17H,6,11,15H2,1-5H3. The summed E-state index contributed by atoms with van der Waals surface area (Å²) in [5.74, 6) is 1.06. The van der Waals surface area contributed by atoms with Gasteiger partial charge < -0.3 is 4.74 Å². The minimum Gasteiger partial charge on any atom is -0.496 e. The molecule has 26 heavy (non-hydrogen) atoms. The largest absolute Gasteiger partial charge is 0.496 e. The van der Waals surface area contributed by atoms with Gasteiger partial charge in [0.2, 0.25) is 0 Å². The average Bonchev–Trinajstić information content (AvgIpc) is 3.11. The molecule has 0 saturated heterocycles. The van der Waals surface area contributed by atoms with E-state index in [2.05, 4.69) is 81.6 Å². The number of aryl methyl sites for hydroxylation is 1. The molecular weight excluding hydrogens is 332 g/mol. The van der Waals surface area contributed by atoms with E-state index in [1.165, 1.54) is 34.7 Å². The third-order valence-corrected chi connectivity index (χ3v) is 9.25. The van der Waals surface area contributed by atoms with E-state index in [0.717, 1.165) is 12.2 Å². The summed E-state index contributed by atoms with van der Waals surface area (Å²) >= 11 is 0. The molecule has 0 aromatic heterocycles. The molecule has 0 bridgehead atoms. The first-order chi connectivity index (χ1) is 12.5. The van der Waals surface area contributed by atoms with Gasteiger partial charge in [0.15, 0.2) is 0 Å². The maximum atomic E-state index is 6.02. The van der Waals surface area contributed by atoms with Crippen LogP contribution in [-0.2, 0) is 0 Å². The van der Waals surface area contributed by atoms with Gasteiger partial charge in [-0.25, -0.2) is 0 Å². The number of hydrogen-bond donors (Lipinski definition) is 0. The Hall–Kier alpha value is -2.06. The van der Waals surface area contributed by atoms with Gasteiger partial charge in [-0.05, 0) is 36.6 Å². The van der Waals surface area contributed by atoms with Crippen molar-refractivity contribution in [3.63, 3.8) is 0 Å². The number of allylic oxidation sites excluding steroid dienone is 4. The van der Waals surface area contributed by atoms with Crippen molar-refractivity contribution in [3.05, 3.63) is 70.9 Å². The monoisotopic (exact) mass is 362 g/mol. The fraction of sp³-hybridized carbons (Fsp3) is 0.333. The zero-order valence-electron chi connectivity index (χ0n) is 16.7. The van der Waals surface area contributed by atoms with Crippen LogP contribution in [0.5, 0.6) is 5.75 Å². The second-order valence-electron chi connectivity index (χ2n) is 7.74. The molecule has 0 aliphatic heterocycles. The van der Waals surface area contributed by atoms with Gasteiger partial charge in [0.1, 0.15) is 13.8 Å². The van der Waals surface area contributed by atoms with Crippen molar-refractivity contribution in [3.8, 4) is 16.9 Å². The quantitative estimate of drug-likeness (QED) is 0.557. The molecule has 0 unspecified atom stereocenters. The Morgan fingerprint density at radius 1 is 1.08 bits per heavy atom. The summed E-state index contributed by atoms with van der Waals surface area (Å²) in [4.78, 5) is 0. The van der Waals surface area contributed by atoms with Gasteiger partial charge >= 0.3 is 0 Å². The molecule has 0 radical (unpaired) electrons. The van der Waals surface area contributed by atoms with Gasteiger partial charge in [-0.2, -0.15) is 0 Å². The maximum Gasteiger partial charge on any atom is 0.126 e. The normalized spacial score (nSPS) is 14.2. The molecule has 2 heteroatoms. The van der Waals surface area contributed by atoms with Gasteiger partial charge in [0.25, 0.3) is 0 Å². The zero-order chi connectivity index (χ0) is 18.7. The molecule has 2 aromatic rings. The summed E-state index contributed by atoms with van der Waals surface area (Å²) in [5, 5.41) is 3.09. The smallest absolute Gasteiger partial charge is 0.126 e. The molecule has 2 aromatic carbocycles. The first kappa shape index (κ1) is 18.7. The number of methoxy groups -OCH3 is 1. The van der Waals surface area contributed by atoms with Crippen LogP contribution in [0.15, 0.2) is 65.4 Å². The summed E-state index contributed by atoms with van der Waals surface area (Å²) < 4.78 is 6.02. The number of rotatable bonds is 6. The highest BCUT2D eigenvalue weighted by Gasteiger charge is 2.34. The van der Waals surface area contributed by atoms with Gasteiger partial charge in [-0.1, -0.05) is 91.3 Å². The minimum atomic E-state index is -1.82. The van der Waals surface area contributed by atoms with Crippen LogP contribution >= 0.6 is 0 Å². The van der Waals surface area contributed by atoms with E-state index in [1.807, 2.05) is 7.11 Å². The Morgan fingerprint density at radius 3 is 2.46 bits per heavy atom. The van der Waals surface area contributed by atoms with E-state index in [4.69, 9.17) is 4.74 Å². The van der Waals surface area contributed by atoms with Crippen molar-refractivity contribution in [2.75, 3.05) is 7.11 Å². The first-order valence-corrected chi connectivity index (χ1v) is 12.6. The average molecular weight is 363 g/mol. The Labute approximate surface area is 159 Å². The highest BCUT2D eigenvalue weighted by molar-refractivity contribution is 6.96. The van der Waals surface area contributed by atoms with Crippen molar-refractivity contribution in [2.45, 2.75) is 46.2 Å². The predicted molar refractivity (Wildman–Crippen MR) is 116 cm³/mol. The van der Waals surface area contributed by atoms with E-state index in [0.29, 0.717) is 0 Å². The first-order valence-electron chi connectivity index (χ1n) is 9.62. The summed E-state index contributed by atoms with van der Waals surface area (Å²) in [7, 11) is 0.00303. The minimum absolute atomic E-state index is 1.06. The molecule has 1 nitrogen and oxygen atoms in total. The lowest BCUT2D eigenvalue weighted by atomic mass is 10.0. The summed E-state index contributed by atoms with van der Waals surface area (Å²) in [5.41, 5.74) is 5.32. The van der Waals surface area contributed by atoms with E-state index in [9.17, 15) is 0 Å². The number of hydrogen-bond acceptors (Lipinski definition) is 1. The van der Waals surface area contributed by atoms with Crippen LogP contribution in [0.3, 0.4) is 0 Å². The Balaban J connectivity index is 2.19. The molecule has 136 valence electrons. The van der Waals surface area contributed by atoms with Crippen molar-refractivity contribution >= 4 is 13.3 Å². The van der Waals surface area contributed by atoms with Gasteiger partial charge in [-0.3, -0.25) is 0 Å². The lowest BCUT2D eigenvalue weighted by Gasteiger charge is -2.30. The van der Waals surface area contributed by atoms with Crippen LogP contribution in [0.1, 0.15) is 31.7 Å². The van der Waals surface area contributed by atoms with Gasteiger partial charge in [-0.15, -0.1) is 0 Å². The molecule has 0 spiro atoms. The molecule has 0 N–H and O–H groups in total. The molecule has 3 rings (SSSR count). The van der Waals surface area contributed by atoms with Crippen molar-refractivity contribution < 1.29 is 4.74 Å². The Morgan fingerprint density at radius 2 is 1.81 bits per heavy atom. The summed E-state index contributed by atoms with van der Waals surface area (Å²) in [6, 6.07) is 15.2. The number of benzene rings is 2. The van der Waals surface area contributed by atoms with Crippen LogP contribution in [0, 0.1) is 6.92 Å².